The first-order chi connectivity index (χ1) is 11.9. The van der Waals surface area contributed by atoms with Crippen LogP contribution in [0.2, 0.25) is 10.0 Å². The summed E-state index contributed by atoms with van der Waals surface area (Å²) in [4.78, 5) is 9.55. The van der Waals surface area contributed by atoms with E-state index in [-0.39, 0.29) is 28.1 Å². The number of hydroxylamine groups is 2. The predicted octanol–water partition coefficient (Wildman–Crippen LogP) is 4.77. The van der Waals surface area contributed by atoms with Gasteiger partial charge in [0.2, 0.25) is 0 Å². The van der Waals surface area contributed by atoms with Gasteiger partial charge in [-0.2, -0.15) is 8.78 Å². The van der Waals surface area contributed by atoms with Gasteiger partial charge < -0.3 is 14.7 Å². The molecule has 1 unspecified atom stereocenters. The van der Waals surface area contributed by atoms with Crippen molar-refractivity contribution in [2.75, 3.05) is 0 Å². The molecule has 1 N–H and O–H groups in total. The second-order valence-corrected chi connectivity index (χ2v) is 5.98. The Hall–Kier alpha value is -2.09. The van der Waals surface area contributed by atoms with E-state index >= 15 is 0 Å². The second-order valence-electron chi connectivity index (χ2n) is 5.17. The van der Waals surface area contributed by atoms with Crippen molar-refractivity contribution in [2.45, 2.75) is 19.3 Å². The summed E-state index contributed by atoms with van der Waals surface area (Å²) in [5, 5.41) is 11.4. The van der Waals surface area contributed by atoms with Gasteiger partial charge in [-0.1, -0.05) is 35.3 Å². The second kappa shape index (κ2) is 7.43. The van der Waals surface area contributed by atoms with Crippen LogP contribution in [0.5, 0.6) is 11.5 Å². The van der Waals surface area contributed by atoms with E-state index in [1.54, 1.807) is 12.1 Å². The summed E-state index contributed by atoms with van der Waals surface area (Å²) >= 11 is 11.9. The summed E-state index contributed by atoms with van der Waals surface area (Å²) in [6.07, 6.45) is 0.717. The lowest BCUT2D eigenvalue weighted by atomic mass is 10.1. The normalized spacial score (nSPS) is 17.1. The Labute approximate surface area is 152 Å². The lowest BCUT2D eigenvalue weighted by molar-refractivity contribution is -0.0888. The van der Waals surface area contributed by atoms with Crippen LogP contribution in [0.4, 0.5) is 8.78 Å². The molecule has 5 nitrogen and oxygen atoms in total. The Bertz CT molecular complexity index is 782. The van der Waals surface area contributed by atoms with E-state index in [2.05, 4.69) is 9.73 Å². The summed E-state index contributed by atoms with van der Waals surface area (Å²) in [7, 11) is 0. The molecule has 1 heterocycles. The van der Waals surface area contributed by atoms with E-state index in [0.717, 1.165) is 0 Å². The van der Waals surface area contributed by atoms with Crippen LogP contribution in [-0.2, 0) is 11.4 Å². The number of rotatable bonds is 5. The largest absolute Gasteiger partial charge is 0.505 e. The number of aliphatic imine (C=N–C) groups is 1. The minimum atomic E-state index is -2.89. The van der Waals surface area contributed by atoms with Gasteiger partial charge in [0.25, 0.3) is 0 Å². The number of hydrogen-bond donors (Lipinski definition) is 1. The highest BCUT2D eigenvalue weighted by Gasteiger charge is 2.27. The highest BCUT2D eigenvalue weighted by Crippen LogP contribution is 2.37. The molecule has 1 atom stereocenters. The van der Waals surface area contributed by atoms with Gasteiger partial charge in [0.1, 0.15) is 5.75 Å². The van der Waals surface area contributed by atoms with Crippen LogP contribution in [0, 0.1) is 0 Å². The molecule has 0 fully saturated rings. The number of ether oxygens (including phenoxy) is 1. The quantitative estimate of drug-likeness (QED) is 0.800. The number of phenols is 1. The fraction of sp³-hybridized carbons (Fsp3) is 0.188. The van der Waals surface area contributed by atoms with Gasteiger partial charge in [0.15, 0.2) is 18.3 Å². The summed E-state index contributed by atoms with van der Waals surface area (Å²) in [6.45, 7) is -2.64. The van der Waals surface area contributed by atoms with Gasteiger partial charge in [-0.3, -0.25) is 0 Å². The lowest BCUT2D eigenvalue weighted by Gasteiger charge is -2.22. The van der Waals surface area contributed by atoms with Crippen molar-refractivity contribution < 1.29 is 23.5 Å². The molecular weight excluding hydrogens is 377 g/mol. The van der Waals surface area contributed by atoms with Crippen molar-refractivity contribution in [3.8, 4) is 11.5 Å². The van der Waals surface area contributed by atoms with Crippen LogP contribution >= 0.6 is 23.2 Å². The number of nitrogens with zero attached hydrogens (tertiary/aromatic N) is 2. The third-order valence-electron chi connectivity index (χ3n) is 3.46. The molecule has 25 heavy (non-hydrogen) atoms. The van der Waals surface area contributed by atoms with Crippen LogP contribution in [0.15, 0.2) is 41.4 Å². The molecule has 0 saturated heterocycles. The van der Waals surface area contributed by atoms with E-state index in [0.29, 0.717) is 11.1 Å². The number of phenolic OH excluding ortho intramolecular Hbond substituents is 1. The lowest BCUT2D eigenvalue weighted by Crippen LogP contribution is -2.22. The third-order valence-corrected chi connectivity index (χ3v) is 4.03. The van der Waals surface area contributed by atoms with Crippen molar-refractivity contribution in [2.24, 2.45) is 4.99 Å². The molecule has 0 amide bonds. The van der Waals surface area contributed by atoms with Gasteiger partial charge in [-0.25, -0.2) is 4.99 Å². The zero-order valence-corrected chi connectivity index (χ0v) is 14.1. The van der Waals surface area contributed by atoms with Gasteiger partial charge in [0, 0.05) is 0 Å². The average molecular weight is 389 g/mol. The highest BCUT2D eigenvalue weighted by molar-refractivity contribution is 6.37. The molecule has 2 aromatic rings. The van der Waals surface area contributed by atoms with Gasteiger partial charge in [-0.15, -0.1) is 5.06 Å². The molecule has 0 aromatic heterocycles. The maximum Gasteiger partial charge on any atom is 0.387 e. The molecule has 2 aromatic carbocycles. The topological polar surface area (TPSA) is 54.3 Å². The first-order valence-corrected chi connectivity index (χ1v) is 7.86. The van der Waals surface area contributed by atoms with Crippen LogP contribution in [0.25, 0.3) is 0 Å². The molecule has 0 saturated carbocycles. The Morgan fingerprint density at radius 3 is 2.64 bits per heavy atom. The molecular formula is C16H12Cl2F2N2O3. The predicted molar refractivity (Wildman–Crippen MR) is 89.1 cm³/mol. The van der Waals surface area contributed by atoms with Gasteiger partial charge >= 0.3 is 6.61 Å². The fourth-order valence-electron chi connectivity index (χ4n) is 2.39. The molecule has 3 rings (SSSR count). The molecule has 1 aliphatic rings. The van der Waals surface area contributed by atoms with Crippen LogP contribution in [0.1, 0.15) is 17.3 Å². The van der Waals surface area contributed by atoms with Crippen molar-refractivity contribution in [1.82, 2.24) is 5.06 Å². The summed E-state index contributed by atoms with van der Waals surface area (Å²) in [5.41, 5.74) is 1.30. The SMILES string of the molecule is Oc1c(Cl)cc(C2N=CON2Cc2cccc(OC(F)F)c2)cc1Cl. The minimum Gasteiger partial charge on any atom is -0.505 e. The fourth-order valence-corrected chi connectivity index (χ4v) is 2.89. The summed E-state index contributed by atoms with van der Waals surface area (Å²) in [6, 6.07) is 9.34. The molecule has 0 radical (unpaired) electrons. The molecule has 0 spiro atoms. The molecule has 0 aliphatic carbocycles. The summed E-state index contributed by atoms with van der Waals surface area (Å²) < 4.78 is 29.0. The zero-order valence-electron chi connectivity index (χ0n) is 12.6. The Balaban J connectivity index is 1.79. The molecule has 9 heteroatoms. The van der Waals surface area contributed by atoms with Crippen LogP contribution in [-0.4, -0.2) is 23.2 Å². The number of alkyl halides is 2. The van der Waals surface area contributed by atoms with E-state index in [1.807, 2.05) is 0 Å². The first-order valence-electron chi connectivity index (χ1n) is 7.11. The zero-order chi connectivity index (χ0) is 18.0. The Morgan fingerprint density at radius 1 is 1.24 bits per heavy atom. The highest BCUT2D eigenvalue weighted by atomic mass is 35.5. The molecule has 1 aliphatic heterocycles. The summed E-state index contributed by atoms with van der Waals surface area (Å²) in [5.74, 6) is -0.154. The first kappa shape index (κ1) is 17.7. The van der Waals surface area contributed by atoms with E-state index in [9.17, 15) is 13.9 Å². The van der Waals surface area contributed by atoms with Gasteiger partial charge in [-0.05, 0) is 35.4 Å². The van der Waals surface area contributed by atoms with Crippen molar-refractivity contribution >= 4 is 29.6 Å². The molecule has 0 bridgehead atoms. The Kier molecular flexibility index (Phi) is 5.27. The smallest absolute Gasteiger partial charge is 0.387 e. The number of halogens is 4. The third kappa shape index (κ3) is 4.12. The van der Waals surface area contributed by atoms with E-state index in [4.69, 9.17) is 28.0 Å². The maximum absolute atomic E-state index is 12.3. The van der Waals surface area contributed by atoms with Crippen molar-refractivity contribution in [1.29, 1.82) is 0 Å². The Morgan fingerprint density at radius 2 is 1.96 bits per heavy atom. The minimum absolute atomic E-state index is 0.0555. The average Bonchev–Trinajstić information content (AvgIpc) is 3.00. The maximum atomic E-state index is 12.3. The number of aromatic hydroxyl groups is 1. The van der Waals surface area contributed by atoms with E-state index in [1.165, 1.54) is 35.7 Å². The number of hydrogen-bond acceptors (Lipinski definition) is 5. The van der Waals surface area contributed by atoms with Crippen LogP contribution in [0.3, 0.4) is 0 Å². The van der Waals surface area contributed by atoms with Crippen molar-refractivity contribution in [3.05, 3.63) is 57.6 Å². The standard InChI is InChI=1S/C16H12Cl2F2N2O3/c17-12-5-10(6-13(18)14(12)23)15-21-8-24-22(15)7-9-2-1-3-11(4-9)25-16(19)20/h1-6,8,15-16,23H,7H2. The van der Waals surface area contributed by atoms with Crippen molar-refractivity contribution in [3.63, 3.8) is 0 Å². The van der Waals surface area contributed by atoms with E-state index < -0.39 is 12.8 Å². The molecule has 132 valence electrons. The van der Waals surface area contributed by atoms with Gasteiger partial charge in [0.05, 0.1) is 16.6 Å². The van der Waals surface area contributed by atoms with Crippen LogP contribution < -0.4 is 4.74 Å². The monoisotopic (exact) mass is 388 g/mol. The number of benzene rings is 2.